The molecular formula is C18H31N3OS. The Bertz CT molecular complexity index is 519. The van der Waals surface area contributed by atoms with Crippen molar-refractivity contribution in [3.05, 3.63) is 21.9 Å². The number of nitrogens with one attached hydrogen (secondary N) is 2. The van der Waals surface area contributed by atoms with E-state index in [-0.39, 0.29) is 5.41 Å². The van der Waals surface area contributed by atoms with Crippen molar-refractivity contribution in [2.75, 3.05) is 20.2 Å². The molecule has 5 heteroatoms. The van der Waals surface area contributed by atoms with Gasteiger partial charge in [0.05, 0.1) is 12.6 Å². The van der Waals surface area contributed by atoms with Crippen LogP contribution in [0.3, 0.4) is 0 Å². The Labute approximate surface area is 144 Å². The van der Waals surface area contributed by atoms with Crippen LogP contribution in [-0.4, -0.2) is 32.3 Å². The number of rotatable bonds is 4. The van der Waals surface area contributed by atoms with E-state index in [0.717, 1.165) is 32.1 Å². The molecule has 1 aliphatic rings. The number of aliphatic imine (C=N–C) groups is 1. The molecule has 0 aliphatic carbocycles. The van der Waals surface area contributed by atoms with Crippen LogP contribution in [0, 0.1) is 18.3 Å². The lowest BCUT2D eigenvalue weighted by molar-refractivity contribution is -0.0835. The summed E-state index contributed by atoms with van der Waals surface area (Å²) in [6, 6.07) is 4.33. The number of nitrogens with zero attached hydrogens (tertiary/aromatic N) is 1. The second-order valence-electron chi connectivity index (χ2n) is 7.38. The van der Waals surface area contributed by atoms with E-state index in [2.05, 4.69) is 55.5 Å². The molecule has 0 radical (unpaired) electrons. The van der Waals surface area contributed by atoms with Gasteiger partial charge in [-0.1, -0.05) is 20.8 Å². The van der Waals surface area contributed by atoms with E-state index in [1.54, 1.807) is 0 Å². The van der Waals surface area contributed by atoms with Gasteiger partial charge in [-0.25, -0.2) is 0 Å². The molecule has 1 aromatic rings. The Balaban J connectivity index is 1.84. The molecule has 1 aliphatic heterocycles. The van der Waals surface area contributed by atoms with Crippen molar-refractivity contribution in [1.29, 1.82) is 0 Å². The second kappa shape index (κ2) is 8.15. The number of aryl methyl sites for hydroxylation is 1. The molecule has 0 amide bonds. The van der Waals surface area contributed by atoms with Gasteiger partial charge in [0.25, 0.3) is 0 Å². The highest BCUT2D eigenvalue weighted by atomic mass is 32.1. The molecule has 0 aromatic carbocycles. The third-order valence-electron chi connectivity index (χ3n) is 4.28. The molecule has 4 nitrogen and oxygen atoms in total. The number of thiophene rings is 1. The minimum absolute atomic E-state index is 0.179. The van der Waals surface area contributed by atoms with Gasteiger partial charge in [0.1, 0.15) is 0 Å². The highest BCUT2D eigenvalue weighted by molar-refractivity contribution is 7.11. The van der Waals surface area contributed by atoms with E-state index in [1.807, 2.05) is 18.4 Å². The Morgan fingerprint density at radius 1 is 1.35 bits per heavy atom. The van der Waals surface area contributed by atoms with Gasteiger partial charge in [0.15, 0.2) is 5.96 Å². The monoisotopic (exact) mass is 337 g/mol. The molecule has 0 bridgehead atoms. The molecule has 2 rings (SSSR count). The van der Waals surface area contributed by atoms with Gasteiger partial charge in [-0.2, -0.15) is 0 Å². The van der Waals surface area contributed by atoms with E-state index in [9.17, 15) is 0 Å². The number of hydrogen-bond acceptors (Lipinski definition) is 3. The third-order valence-corrected chi connectivity index (χ3v) is 5.28. The summed E-state index contributed by atoms with van der Waals surface area (Å²) in [5.74, 6) is 1.40. The minimum atomic E-state index is 0.179. The van der Waals surface area contributed by atoms with Crippen molar-refractivity contribution in [1.82, 2.24) is 10.6 Å². The molecule has 2 atom stereocenters. The van der Waals surface area contributed by atoms with E-state index in [0.29, 0.717) is 12.0 Å². The number of guanidine groups is 1. The van der Waals surface area contributed by atoms with Crippen molar-refractivity contribution in [3.63, 3.8) is 0 Å². The average Bonchev–Trinajstić information content (AvgIpc) is 2.92. The normalized spacial score (nSPS) is 22.9. The van der Waals surface area contributed by atoms with Crippen LogP contribution in [0.5, 0.6) is 0 Å². The fraction of sp³-hybridized carbons (Fsp3) is 0.722. The van der Waals surface area contributed by atoms with Crippen LogP contribution in [0.1, 0.15) is 43.4 Å². The summed E-state index contributed by atoms with van der Waals surface area (Å²) in [4.78, 5) is 7.02. The molecule has 1 aromatic heterocycles. The molecule has 2 N–H and O–H groups in total. The minimum Gasteiger partial charge on any atom is -0.377 e. The fourth-order valence-electron chi connectivity index (χ4n) is 3.21. The van der Waals surface area contributed by atoms with Crippen molar-refractivity contribution >= 4 is 17.3 Å². The highest BCUT2D eigenvalue weighted by Crippen LogP contribution is 2.33. The number of ether oxygens (including phenoxy) is 1. The maximum absolute atomic E-state index is 6.05. The molecule has 130 valence electrons. The van der Waals surface area contributed by atoms with Crippen molar-refractivity contribution in [2.45, 2.75) is 53.2 Å². The molecule has 23 heavy (non-hydrogen) atoms. The Morgan fingerprint density at radius 3 is 2.74 bits per heavy atom. The Hall–Kier alpha value is -1.07. The Kier molecular flexibility index (Phi) is 6.48. The maximum Gasteiger partial charge on any atom is 0.191 e. The van der Waals surface area contributed by atoms with Gasteiger partial charge in [-0.05, 0) is 37.3 Å². The maximum atomic E-state index is 6.05. The Morgan fingerprint density at radius 2 is 2.13 bits per heavy atom. The fourth-order valence-corrected chi connectivity index (χ4v) is 4.04. The number of hydrogen-bond donors (Lipinski definition) is 2. The molecule has 1 fully saturated rings. The first-order chi connectivity index (χ1) is 10.9. The molecule has 0 saturated carbocycles. The van der Waals surface area contributed by atoms with Crippen LogP contribution in [0.15, 0.2) is 17.1 Å². The summed E-state index contributed by atoms with van der Waals surface area (Å²) in [6.45, 7) is 11.6. The van der Waals surface area contributed by atoms with Crippen LogP contribution < -0.4 is 10.6 Å². The highest BCUT2D eigenvalue weighted by Gasteiger charge is 2.35. The van der Waals surface area contributed by atoms with E-state index < -0.39 is 0 Å². The molecule has 1 saturated heterocycles. The average molecular weight is 338 g/mol. The zero-order valence-corrected chi connectivity index (χ0v) is 15.9. The predicted octanol–water partition coefficient (Wildman–Crippen LogP) is 3.56. The van der Waals surface area contributed by atoms with Gasteiger partial charge in [0.2, 0.25) is 0 Å². The molecular weight excluding hydrogens is 306 g/mol. The largest absolute Gasteiger partial charge is 0.377 e. The molecule has 0 spiro atoms. The third kappa shape index (κ3) is 5.50. The van der Waals surface area contributed by atoms with Crippen LogP contribution in [0.2, 0.25) is 0 Å². The zero-order chi connectivity index (χ0) is 16.9. The first-order valence-electron chi connectivity index (χ1n) is 8.51. The summed E-state index contributed by atoms with van der Waals surface area (Å²) in [5.41, 5.74) is 0.179. The quantitative estimate of drug-likeness (QED) is 0.652. The molecule has 2 heterocycles. The van der Waals surface area contributed by atoms with Crippen molar-refractivity contribution in [3.8, 4) is 0 Å². The van der Waals surface area contributed by atoms with Crippen LogP contribution in [0.4, 0.5) is 0 Å². The van der Waals surface area contributed by atoms with Gasteiger partial charge in [-0.3, -0.25) is 4.99 Å². The standard InChI is InChI=1S/C18H31N3OS/c1-13-8-9-15(23-13)12-21-17(19-5)20-11-14-7-6-10-22-16(14)18(2,3)4/h8-9,14,16H,6-7,10-12H2,1-5H3,(H2,19,20,21). The lowest BCUT2D eigenvalue weighted by atomic mass is 9.78. The van der Waals surface area contributed by atoms with E-state index in [4.69, 9.17) is 4.74 Å². The topological polar surface area (TPSA) is 45.7 Å². The van der Waals surface area contributed by atoms with E-state index >= 15 is 0 Å². The summed E-state index contributed by atoms with van der Waals surface area (Å²) in [7, 11) is 1.83. The summed E-state index contributed by atoms with van der Waals surface area (Å²) >= 11 is 1.82. The first-order valence-corrected chi connectivity index (χ1v) is 9.33. The van der Waals surface area contributed by atoms with Crippen LogP contribution >= 0.6 is 11.3 Å². The van der Waals surface area contributed by atoms with Gasteiger partial charge >= 0.3 is 0 Å². The molecule has 2 unspecified atom stereocenters. The lowest BCUT2D eigenvalue weighted by Crippen LogP contribution is -2.47. The SMILES string of the molecule is CN=C(NCc1ccc(C)s1)NCC1CCCOC1C(C)(C)C. The second-order valence-corrected chi connectivity index (χ2v) is 8.75. The zero-order valence-electron chi connectivity index (χ0n) is 15.1. The van der Waals surface area contributed by atoms with Gasteiger partial charge in [0, 0.05) is 35.9 Å². The predicted molar refractivity (Wildman–Crippen MR) is 99.2 cm³/mol. The van der Waals surface area contributed by atoms with Crippen LogP contribution in [-0.2, 0) is 11.3 Å². The lowest BCUT2D eigenvalue weighted by Gasteiger charge is -2.40. The summed E-state index contributed by atoms with van der Waals surface area (Å²) < 4.78 is 6.05. The first kappa shape index (κ1) is 18.3. The van der Waals surface area contributed by atoms with Gasteiger partial charge in [-0.15, -0.1) is 11.3 Å². The van der Waals surface area contributed by atoms with Crippen molar-refractivity contribution < 1.29 is 4.74 Å². The summed E-state index contributed by atoms with van der Waals surface area (Å²) in [6.07, 6.45) is 2.68. The van der Waals surface area contributed by atoms with Gasteiger partial charge < -0.3 is 15.4 Å². The van der Waals surface area contributed by atoms with Crippen LogP contribution in [0.25, 0.3) is 0 Å². The summed E-state index contributed by atoms with van der Waals surface area (Å²) in [5, 5.41) is 6.88. The smallest absolute Gasteiger partial charge is 0.191 e. The van der Waals surface area contributed by atoms with Crippen molar-refractivity contribution in [2.24, 2.45) is 16.3 Å². The van der Waals surface area contributed by atoms with E-state index in [1.165, 1.54) is 16.2 Å².